The third-order valence-electron chi connectivity index (χ3n) is 3.38. The molecule has 0 saturated carbocycles. The quantitative estimate of drug-likeness (QED) is 0.838. The van der Waals surface area contributed by atoms with Crippen molar-refractivity contribution in [2.75, 3.05) is 25.1 Å². The summed E-state index contributed by atoms with van der Waals surface area (Å²) in [6.07, 6.45) is 3.49. The van der Waals surface area contributed by atoms with Gasteiger partial charge in [-0.1, -0.05) is 29.8 Å². The van der Waals surface area contributed by atoms with Gasteiger partial charge in [0.15, 0.2) is 0 Å². The number of hydrogen-bond donors (Lipinski definition) is 1. The standard InChI is InChI=1S/C13H19NS/c1-11-3-5-12(6-4-11)13(7-8-15-2)9-14-10-13/h3-6,14H,7-10H2,1-2H3. The van der Waals surface area contributed by atoms with E-state index >= 15 is 0 Å². The summed E-state index contributed by atoms with van der Waals surface area (Å²) in [5.74, 6) is 1.26. The van der Waals surface area contributed by atoms with Crippen molar-refractivity contribution >= 4 is 11.8 Å². The Morgan fingerprint density at radius 2 is 1.93 bits per heavy atom. The van der Waals surface area contributed by atoms with Crippen molar-refractivity contribution in [3.05, 3.63) is 35.4 Å². The van der Waals surface area contributed by atoms with Crippen molar-refractivity contribution < 1.29 is 0 Å². The Morgan fingerprint density at radius 1 is 1.27 bits per heavy atom. The fraction of sp³-hybridized carbons (Fsp3) is 0.538. The number of thioether (sulfide) groups is 1. The van der Waals surface area contributed by atoms with Crippen LogP contribution in [0.3, 0.4) is 0 Å². The third kappa shape index (κ3) is 2.21. The Labute approximate surface area is 96.7 Å². The Morgan fingerprint density at radius 3 is 2.40 bits per heavy atom. The minimum absolute atomic E-state index is 0.427. The maximum atomic E-state index is 3.41. The van der Waals surface area contributed by atoms with E-state index in [2.05, 4.69) is 42.8 Å². The molecule has 1 heterocycles. The largest absolute Gasteiger partial charge is 0.315 e. The molecular formula is C13H19NS. The zero-order valence-electron chi connectivity index (χ0n) is 9.55. The Bertz CT molecular complexity index is 314. The first-order chi connectivity index (χ1) is 7.27. The Hall–Kier alpha value is -0.470. The summed E-state index contributed by atoms with van der Waals surface area (Å²) in [5, 5.41) is 3.41. The lowest BCUT2D eigenvalue weighted by Crippen LogP contribution is -2.57. The molecule has 1 saturated heterocycles. The third-order valence-corrected chi connectivity index (χ3v) is 3.99. The van der Waals surface area contributed by atoms with Crippen LogP contribution in [0.5, 0.6) is 0 Å². The van der Waals surface area contributed by atoms with Gasteiger partial charge >= 0.3 is 0 Å². The summed E-state index contributed by atoms with van der Waals surface area (Å²) in [6, 6.07) is 9.07. The van der Waals surface area contributed by atoms with Crippen LogP contribution in [0.4, 0.5) is 0 Å². The topological polar surface area (TPSA) is 12.0 Å². The SMILES string of the molecule is CSCCC1(c2ccc(C)cc2)CNC1. The highest BCUT2D eigenvalue weighted by atomic mass is 32.2. The lowest BCUT2D eigenvalue weighted by molar-refractivity contribution is 0.269. The van der Waals surface area contributed by atoms with E-state index < -0.39 is 0 Å². The zero-order chi connectivity index (χ0) is 10.7. The Kier molecular flexibility index (Phi) is 3.37. The van der Waals surface area contributed by atoms with Gasteiger partial charge in [-0.3, -0.25) is 0 Å². The van der Waals surface area contributed by atoms with Crippen molar-refractivity contribution in [1.29, 1.82) is 0 Å². The van der Waals surface area contributed by atoms with Crippen molar-refractivity contribution in [2.45, 2.75) is 18.8 Å². The van der Waals surface area contributed by atoms with Gasteiger partial charge in [0.1, 0.15) is 0 Å². The average Bonchev–Trinajstić information content (AvgIpc) is 2.19. The first kappa shape index (κ1) is 11.0. The molecule has 2 rings (SSSR count). The van der Waals surface area contributed by atoms with Crippen LogP contribution in [-0.4, -0.2) is 25.1 Å². The second-order valence-corrected chi connectivity index (χ2v) is 5.48. The van der Waals surface area contributed by atoms with Crippen LogP contribution in [0, 0.1) is 6.92 Å². The van der Waals surface area contributed by atoms with Crippen molar-refractivity contribution in [2.24, 2.45) is 0 Å². The van der Waals surface area contributed by atoms with Gasteiger partial charge in [0.25, 0.3) is 0 Å². The van der Waals surface area contributed by atoms with Gasteiger partial charge in [-0.2, -0.15) is 11.8 Å². The molecule has 0 bridgehead atoms. The van der Waals surface area contributed by atoms with E-state index in [4.69, 9.17) is 0 Å². The van der Waals surface area contributed by atoms with Crippen LogP contribution in [0.2, 0.25) is 0 Å². The van der Waals surface area contributed by atoms with Crippen molar-refractivity contribution in [3.63, 3.8) is 0 Å². The van der Waals surface area contributed by atoms with Gasteiger partial charge in [-0.15, -0.1) is 0 Å². The van der Waals surface area contributed by atoms with Gasteiger partial charge in [-0.25, -0.2) is 0 Å². The van der Waals surface area contributed by atoms with Crippen molar-refractivity contribution in [3.8, 4) is 0 Å². The van der Waals surface area contributed by atoms with Crippen LogP contribution in [0.25, 0.3) is 0 Å². The normalized spacial score (nSPS) is 18.5. The number of benzene rings is 1. The number of rotatable bonds is 4. The molecular weight excluding hydrogens is 202 g/mol. The van der Waals surface area contributed by atoms with Gasteiger partial charge in [0.2, 0.25) is 0 Å². The molecule has 0 atom stereocenters. The summed E-state index contributed by atoms with van der Waals surface area (Å²) < 4.78 is 0. The summed E-state index contributed by atoms with van der Waals surface area (Å²) in [5.41, 5.74) is 3.29. The second-order valence-electron chi connectivity index (χ2n) is 4.49. The molecule has 1 aromatic rings. The van der Waals surface area contributed by atoms with Gasteiger partial charge < -0.3 is 5.32 Å². The minimum Gasteiger partial charge on any atom is -0.315 e. The number of nitrogens with one attached hydrogen (secondary N) is 1. The lowest BCUT2D eigenvalue weighted by atomic mass is 9.73. The zero-order valence-corrected chi connectivity index (χ0v) is 10.4. The van der Waals surface area contributed by atoms with Gasteiger partial charge in [0.05, 0.1) is 0 Å². The van der Waals surface area contributed by atoms with E-state index in [9.17, 15) is 0 Å². The molecule has 0 unspecified atom stereocenters. The molecule has 82 valence electrons. The van der Waals surface area contributed by atoms with E-state index in [0.717, 1.165) is 13.1 Å². The van der Waals surface area contributed by atoms with Crippen LogP contribution in [-0.2, 0) is 5.41 Å². The summed E-state index contributed by atoms with van der Waals surface area (Å²) in [7, 11) is 0. The average molecular weight is 221 g/mol. The molecule has 1 nitrogen and oxygen atoms in total. The van der Waals surface area contributed by atoms with Crippen molar-refractivity contribution in [1.82, 2.24) is 5.32 Å². The number of hydrogen-bond acceptors (Lipinski definition) is 2. The van der Waals surface area contributed by atoms with Crippen LogP contribution in [0.15, 0.2) is 24.3 Å². The van der Waals surface area contributed by atoms with E-state index in [1.807, 2.05) is 11.8 Å². The predicted octanol–water partition coefficient (Wildman–Crippen LogP) is 2.59. The van der Waals surface area contributed by atoms with Crippen LogP contribution in [0.1, 0.15) is 17.5 Å². The fourth-order valence-corrected chi connectivity index (χ4v) is 2.75. The lowest BCUT2D eigenvalue weighted by Gasteiger charge is -2.43. The van der Waals surface area contributed by atoms with E-state index in [1.54, 1.807) is 0 Å². The minimum atomic E-state index is 0.427. The van der Waals surface area contributed by atoms with E-state index in [-0.39, 0.29) is 0 Å². The predicted molar refractivity (Wildman–Crippen MR) is 68.7 cm³/mol. The molecule has 1 aliphatic heterocycles. The molecule has 1 N–H and O–H groups in total. The molecule has 15 heavy (non-hydrogen) atoms. The van der Waals surface area contributed by atoms with Crippen LogP contribution < -0.4 is 5.32 Å². The molecule has 1 aromatic carbocycles. The molecule has 0 radical (unpaired) electrons. The molecule has 0 aliphatic carbocycles. The highest BCUT2D eigenvalue weighted by Gasteiger charge is 2.37. The fourth-order valence-electron chi connectivity index (χ4n) is 2.16. The summed E-state index contributed by atoms with van der Waals surface area (Å²) in [6.45, 7) is 4.45. The van der Waals surface area contributed by atoms with E-state index in [0.29, 0.717) is 5.41 Å². The molecule has 1 fully saturated rings. The summed E-state index contributed by atoms with van der Waals surface area (Å²) >= 11 is 1.95. The highest BCUT2D eigenvalue weighted by molar-refractivity contribution is 7.98. The Balaban J connectivity index is 2.14. The summed E-state index contributed by atoms with van der Waals surface area (Å²) in [4.78, 5) is 0. The first-order valence-corrected chi connectivity index (χ1v) is 6.93. The maximum absolute atomic E-state index is 3.41. The highest BCUT2D eigenvalue weighted by Crippen LogP contribution is 2.33. The monoisotopic (exact) mass is 221 g/mol. The van der Waals surface area contributed by atoms with Gasteiger partial charge in [-0.05, 0) is 30.9 Å². The molecule has 2 heteroatoms. The molecule has 0 amide bonds. The molecule has 0 aromatic heterocycles. The smallest absolute Gasteiger partial charge is 0.0210 e. The second kappa shape index (κ2) is 4.58. The number of aryl methyl sites for hydroxylation is 1. The first-order valence-electron chi connectivity index (χ1n) is 5.54. The van der Waals surface area contributed by atoms with Crippen LogP contribution >= 0.6 is 11.8 Å². The van der Waals surface area contributed by atoms with Gasteiger partial charge in [0, 0.05) is 18.5 Å². The van der Waals surface area contributed by atoms with E-state index in [1.165, 1.54) is 23.3 Å². The molecule has 0 spiro atoms. The molecule has 1 aliphatic rings. The maximum Gasteiger partial charge on any atom is 0.0210 e.